The van der Waals surface area contributed by atoms with Gasteiger partial charge in [0.05, 0.1) is 13.1 Å². The summed E-state index contributed by atoms with van der Waals surface area (Å²) in [5, 5.41) is 5.69. The Labute approximate surface area is 180 Å². The second-order valence-electron chi connectivity index (χ2n) is 5.62. The topological polar surface area (TPSA) is 66.0 Å². The third kappa shape index (κ3) is 10.4. The molecule has 28 heavy (non-hydrogen) atoms. The summed E-state index contributed by atoms with van der Waals surface area (Å²) in [6, 6.07) is 7.35. The van der Waals surface area contributed by atoms with Crippen LogP contribution in [0.2, 0.25) is 0 Å². The van der Waals surface area contributed by atoms with Gasteiger partial charge in [-0.1, -0.05) is 30.9 Å². The van der Waals surface area contributed by atoms with Crippen LogP contribution < -0.4 is 15.4 Å². The van der Waals surface area contributed by atoms with E-state index in [2.05, 4.69) is 22.2 Å². The summed E-state index contributed by atoms with van der Waals surface area (Å²) in [5.74, 6) is 0.301. The SMILES string of the molecule is C=CCOc1ccccc1CN=C(NCC)NCC(=O)N(C)CC(F)(F)F.I. The predicted octanol–water partition coefficient (Wildman–Crippen LogP) is 2.95. The first-order chi connectivity index (χ1) is 12.8. The van der Waals surface area contributed by atoms with Gasteiger partial charge in [0.2, 0.25) is 5.91 Å². The molecule has 1 amide bonds. The van der Waals surface area contributed by atoms with Crippen LogP contribution in [0.15, 0.2) is 41.9 Å². The molecule has 0 unspecified atom stereocenters. The molecule has 0 saturated carbocycles. The van der Waals surface area contributed by atoms with Gasteiger partial charge in [-0.05, 0) is 13.0 Å². The molecule has 0 bridgehead atoms. The van der Waals surface area contributed by atoms with E-state index in [1.54, 1.807) is 6.08 Å². The molecule has 0 atom stereocenters. The number of carbonyl (C=O) groups is 1. The number of para-hydroxylation sites is 1. The van der Waals surface area contributed by atoms with E-state index in [1.807, 2.05) is 31.2 Å². The first-order valence-corrected chi connectivity index (χ1v) is 8.41. The standard InChI is InChI=1S/C18H25F3N4O2.HI/c1-4-10-27-15-9-7-6-8-14(15)11-23-17(22-5-2)24-12-16(26)25(3)13-18(19,20)21;/h4,6-9H,1,5,10-13H2,2-3H3,(H2,22,23,24);1H. The maximum Gasteiger partial charge on any atom is 0.406 e. The summed E-state index contributed by atoms with van der Waals surface area (Å²) >= 11 is 0. The van der Waals surface area contributed by atoms with Crippen LogP contribution in [0, 0.1) is 0 Å². The summed E-state index contributed by atoms with van der Waals surface area (Å²) in [4.78, 5) is 16.8. The van der Waals surface area contributed by atoms with Crippen molar-refractivity contribution < 1.29 is 22.7 Å². The van der Waals surface area contributed by atoms with Crippen molar-refractivity contribution in [1.29, 1.82) is 0 Å². The van der Waals surface area contributed by atoms with Gasteiger partial charge in [-0.3, -0.25) is 4.79 Å². The minimum atomic E-state index is -4.43. The molecule has 1 aromatic carbocycles. The molecule has 0 aliphatic carbocycles. The van der Waals surface area contributed by atoms with Crippen LogP contribution in [0.4, 0.5) is 13.2 Å². The molecule has 10 heteroatoms. The van der Waals surface area contributed by atoms with E-state index < -0.39 is 18.6 Å². The number of rotatable bonds is 9. The van der Waals surface area contributed by atoms with Gasteiger partial charge in [0.15, 0.2) is 5.96 Å². The molecule has 1 rings (SSSR count). The lowest BCUT2D eigenvalue weighted by Crippen LogP contribution is -2.45. The van der Waals surface area contributed by atoms with Gasteiger partial charge in [0.25, 0.3) is 0 Å². The highest BCUT2D eigenvalue weighted by molar-refractivity contribution is 14.0. The zero-order valence-corrected chi connectivity index (χ0v) is 18.2. The van der Waals surface area contributed by atoms with Crippen molar-refractivity contribution in [3.05, 3.63) is 42.5 Å². The Morgan fingerprint density at radius 2 is 2.00 bits per heavy atom. The molecule has 0 aromatic heterocycles. The molecule has 0 aliphatic rings. The lowest BCUT2D eigenvalue weighted by molar-refractivity contribution is -0.157. The van der Waals surface area contributed by atoms with Crippen LogP contribution in [0.5, 0.6) is 5.75 Å². The van der Waals surface area contributed by atoms with Crippen molar-refractivity contribution in [2.45, 2.75) is 19.6 Å². The van der Waals surface area contributed by atoms with Crippen LogP contribution in [0.25, 0.3) is 0 Å². The van der Waals surface area contributed by atoms with E-state index in [4.69, 9.17) is 4.74 Å². The fraction of sp³-hybridized carbons (Fsp3) is 0.444. The molecule has 0 spiro atoms. The molecule has 6 nitrogen and oxygen atoms in total. The summed E-state index contributed by atoms with van der Waals surface area (Å²) in [7, 11) is 1.11. The van der Waals surface area contributed by atoms with Crippen LogP contribution >= 0.6 is 24.0 Å². The Balaban J connectivity index is 0.00000729. The lowest BCUT2D eigenvalue weighted by Gasteiger charge is -2.20. The zero-order valence-electron chi connectivity index (χ0n) is 15.9. The molecule has 2 N–H and O–H groups in total. The van der Waals surface area contributed by atoms with Crippen molar-refractivity contribution in [2.75, 3.05) is 33.3 Å². The number of ether oxygens (including phenoxy) is 1. The Morgan fingerprint density at radius 1 is 1.32 bits per heavy atom. The van der Waals surface area contributed by atoms with Crippen molar-refractivity contribution >= 4 is 35.8 Å². The first-order valence-electron chi connectivity index (χ1n) is 8.41. The fourth-order valence-corrected chi connectivity index (χ4v) is 2.08. The average Bonchev–Trinajstić information content (AvgIpc) is 2.61. The van der Waals surface area contributed by atoms with E-state index in [-0.39, 0.29) is 37.1 Å². The monoisotopic (exact) mass is 514 g/mol. The minimum absolute atomic E-state index is 0. The summed E-state index contributed by atoms with van der Waals surface area (Å²) in [6.07, 6.45) is -2.80. The van der Waals surface area contributed by atoms with Crippen molar-refractivity contribution in [1.82, 2.24) is 15.5 Å². The van der Waals surface area contributed by atoms with Crippen LogP contribution in [-0.4, -0.2) is 56.2 Å². The number of guanidine groups is 1. The molecule has 1 aromatic rings. The Hall–Kier alpha value is -1.98. The fourth-order valence-electron chi connectivity index (χ4n) is 2.08. The van der Waals surface area contributed by atoms with Gasteiger partial charge in [-0.25, -0.2) is 4.99 Å². The number of halogens is 4. The average molecular weight is 514 g/mol. The van der Waals surface area contributed by atoms with E-state index in [9.17, 15) is 18.0 Å². The molecular formula is C18H26F3IN4O2. The summed E-state index contributed by atoms with van der Waals surface area (Å²) in [5.41, 5.74) is 0.831. The molecule has 0 heterocycles. The van der Waals surface area contributed by atoms with E-state index in [1.165, 1.54) is 0 Å². The van der Waals surface area contributed by atoms with Crippen LogP contribution in [0.1, 0.15) is 12.5 Å². The third-order valence-corrected chi connectivity index (χ3v) is 3.33. The second-order valence-corrected chi connectivity index (χ2v) is 5.62. The van der Waals surface area contributed by atoms with Gasteiger partial charge in [0.1, 0.15) is 18.9 Å². The third-order valence-electron chi connectivity index (χ3n) is 3.33. The van der Waals surface area contributed by atoms with Gasteiger partial charge >= 0.3 is 6.18 Å². The number of aliphatic imine (C=N–C) groups is 1. The molecular weight excluding hydrogens is 488 g/mol. The normalized spacial score (nSPS) is 11.2. The number of likely N-dealkylation sites (N-methyl/N-ethyl adjacent to an activating group) is 1. The molecule has 0 aliphatic heterocycles. The highest BCUT2D eigenvalue weighted by Gasteiger charge is 2.31. The van der Waals surface area contributed by atoms with Crippen molar-refractivity contribution in [3.63, 3.8) is 0 Å². The van der Waals surface area contributed by atoms with Gasteiger partial charge in [-0.15, -0.1) is 24.0 Å². The lowest BCUT2D eigenvalue weighted by atomic mass is 10.2. The number of hydrogen-bond donors (Lipinski definition) is 2. The van der Waals surface area contributed by atoms with Crippen LogP contribution in [0.3, 0.4) is 0 Å². The highest BCUT2D eigenvalue weighted by Crippen LogP contribution is 2.19. The van der Waals surface area contributed by atoms with Gasteiger partial charge in [0, 0.05) is 19.2 Å². The van der Waals surface area contributed by atoms with Gasteiger partial charge in [-0.2, -0.15) is 13.2 Å². The Kier molecular flexibility index (Phi) is 12.3. The number of carbonyl (C=O) groups excluding carboxylic acids is 1. The molecule has 0 radical (unpaired) electrons. The highest BCUT2D eigenvalue weighted by atomic mass is 127. The largest absolute Gasteiger partial charge is 0.489 e. The Morgan fingerprint density at radius 3 is 2.61 bits per heavy atom. The molecule has 0 fully saturated rings. The minimum Gasteiger partial charge on any atom is -0.489 e. The van der Waals surface area contributed by atoms with E-state index in [0.29, 0.717) is 29.8 Å². The number of nitrogens with zero attached hydrogens (tertiary/aromatic N) is 2. The second kappa shape index (κ2) is 13.2. The van der Waals surface area contributed by atoms with Crippen molar-refractivity contribution in [2.24, 2.45) is 4.99 Å². The summed E-state index contributed by atoms with van der Waals surface area (Å²) < 4.78 is 42.6. The number of benzene rings is 1. The van der Waals surface area contributed by atoms with Gasteiger partial charge < -0.3 is 20.3 Å². The smallest absolute Gasteiger partial charge is 0.406 e. The maximum atomic E-state index is 12.4. The first kappa shape index (κ1) is 26.0. The van der Waals surface area contributed by atoms with Crippen molar-refractivity contribution in [3.8, 4) is 5.75 Å². The predicted molar refractivity (Wildman–Crippen MR) is 114 cm³/mol. The zero-order chi connectivity index (χ0) is 20.3. The summed E-state index contributed by atoms with van der Waals surface area (Å²) in [6.45, 7) is 5.02. The van der Waals surface area contributed by atoms with Crippen LogP contribution in [-0.2, 0) is 11.3 Å². The quantitative estimate of drug-likeness (QED) is 0.230. The number of hydrogen-bond acceptors (Lipinski definition) is 3. The Bertz CT molecular complexity index is 654. The number of nitrogens with one attached hydrogen (secondary N) is 2. The maximum absolute atomic E-state index is 12.4. The molecule has 158 valence electrons. The molecule has 0 saturated heterocycles. The number of alkyl halides is 3. The van der Waals surface area contributed by atoms with E-state index >= 15 is 0 Å². The van der Waals surface area contributed by atoms with E-state index in [0.717, 1.165) is 12.6 Å². The number of amides is 1.